The van der Waals surface area contributed by atoms with Crippen molar-refractivity contribution in [2.45, 2.75) is 18.7 Å². The highest BCUT2D eigenvalue weighted by molar-refractivity contribution is 6.21. The van der Waals surface area contributed by atoms with Crippen LogP contribution in [0.4, 0.5) is 0 Å². The largest absolute Gasteiger partial charge is 0.337 e. The Hall–Kier alpha value is -1.61. The molecule has 1 aliphatic rings. The summed E-state index contributed by atoms with van der Waals surface area (Å²) in [6, 6.07) is 9.58. The van der Waals surface area contributed by atoms with Crippen LogP contribution in [0.1, 0.15) is 23.7 Å². The van der Waals surface area contributed by atoms with Crippen LogP contribution in [-0.4, -0.2) is 34.3 Å². The molecule has 0 spiro atoms. The van der Waals surface area contributed by atoms with Gasteiger partial charge in [-0.3, -0.25) is 9.78 Å². The van der Waals surface area contributed by atoms with Gasteiger partial charge in [0.15, 0.2) is 0 Å². The summed E-state index contributed by atoms with van der Waals surface area (Å²) in [6.07, 6.45) is 2.68. The summed E-state index contributed by atoms with van der Waals surface area (Å²) < 4.78 is 0. The maximum atomic E-state index is 12.7. The molecule has 2 unspecified atom stereocenters. The van der Waals surface area contributed by atoms with Crippen molar-refractivity contribution >= 4 is 28.4 Å². The van der Waals surface area contributed by atoms with Crippen molar-refractivity contribution in [3.63, 3.8) is 0 Å². The zero-order chi connectivity index (χ0) is 14.1. The number of piperidine rings is 1. The number of rotatable bonds is 1. The van der Waals surface area contributed by atoms with Crippen LogP contribution in [0.15, 0.2) is 36.5 Å². The molecule has 1 aromatic heterocycles. The number of likely N-dealkylation sites (tertiary alicyclic amines) is 1. The summed E-state index contributed by atoms with van der Waals surface area (Å²) in [5.41, 5.74) is 1.44. The molecule has 104 valence electrons. The lowest BCUT2D eigenvalue weighted by molar-refractivity contribution is 0.0703. The van der Waals surface area contributed by atoms with Gasteiger partial charge in [-0.2, -0.15) is 0 Å². The Kier molecular flexibility index (Phi) is 3.62. The van der Waals surface area contributed by atoms with Crippen molar-refractivity contribution in [3.05, 3.63) is 42.1 Å². The Balaban J connectivity index is 1.93. The van der Waals surface area contributed by atoms with Crippen LogP contribution >= 0.6 is 11.6 Å². The highest BCUT2D eigenvalue weighted by Crippen LogP contribution is 2.24. The molecule has 4 heteroatoms. The number of para-hydroxylation sites is 1. The fraction of sp³-hybridized carbons (Fsp3) is 0.375. The third-order valence-corrected chi connectivity index (χ3v) is 4.59. The third-order valence-electron chi connectivity index (χ3n) is 4.02. The molecule has 3 nitrogen and oxygen atoms in total. The quantitative estimate of drug-likeness (QED) is 0.754. The van der Waals surface area contributed by atoms with Gasteiger partial charge in [-0.1, -0.05) is 25.1 Å². The van der Waals surface area contributed by atoms with Gasteiger partial charge in [0, 0.05) is 24.7 Å². The second kappa shape index (κ2) is 5.41. The number of alkyl halides is 1. The highest BCUT2D eigenvalue weighted by atomic mass is 35.5. The molecule has 0 bridgehead atoms. The Morgan fingerprint density at radius 3 is 2.95 bits per heavy atom. The molecule has 2 heterocycles. The summed E-state index contributed by atoms with van der Waals surface area (Å²) in [7, 11) is 0. The van der Waals surface area contributed by atoms with Crippen LogP contribution in [0.2, 0.25) is 0 Å². The predicted octanol–water partition coefficient (Wildman–Crippen LogP) is 3.32. The Labute approximate surface area is 123 Å². The first-order chi connectivity index (χ1) is 9.66. The summed E-state index contributed by atoms with van der Waals surface area (Å²) in [6.45, 7) is 3.52. The smallest absolute Gasteiger partial charge is 0.256 e. The number of nitrogens with zero attached hydrogens (tertiary/aromatic N) is 2. The van der Waals surface area contributed by atoms with Crippen LogP contribution in [0, 0.1) is 5.92 Å². The van der Waals surface area contributed by atoms with E-state index in [9.17, 15) is 4.79 Å². The van der Waals surface area contributed by atoms with Crippen LogP contribution in [0.5, 0.6) is 0 Å². The van der Waals surface area contributed by atoms with Gasteiger partial charge in [0.25, 0.3) is 5.91 Å². The van der Waals surface area contributed by atoms with Crippen LogP contribution in [-0.2, 0) is 0 Å². The summed E-state index contributed by atoms with van der Waals surface area (Å²) >= 11 is 6.30. The lowest BCUT2D eigenvalue weighted by Gasteiger charge is -2.34. The van der Waals surface area contributed by atoms with Crippen molar-refractivity contribution in [1.29, 1.82) is 0 Å². The lowest BCUT2D eigenvalue weighted by atomic mass is 9.97. The van der Waals surface area contributed by atoms with Crippen molar-refractivity contribution in [2.24, 2.45) is 5.92 Å². The summed E-state index contributed by atoms with van der Waals surface area (Å²) in [5, 5.41) is 1.03. The van der Waals surface area contributed by atoms with Crippen LogP contribution in [0.25, 0.3) is 10.9 Å². The van der Waals surface area contributed by atoms with Crippen LogP contribution in [0.3, 0.4) is 0 Å². The molecule has 2 atom stereocenters. The molecule has 1 amide bonds. The third kappa shape index (κ3) is 2.38. The van der Waals surface area contributed by atoms with Gasteiger partial charge in [-0.15, -0.1) is 11.6 Å². The molecule has 3 rings (SSSR count). The Morgan fingerprint density at radius 1 is 1.35 bits per heavy atom. The molecule has 0 saturated carbocycles. The van der Waals surface area contributed by atoms with E-state index < -0.39 is 0 Å². The topological polar surface area (TPSA) is 33.2 Å². The number of amides is 1. The molecule has 0 radical (unpaired) electrons. The van der Waals surface area contributed by atoms with Gasteiger partial charge in [0.1, 0.15) is 0 Å². The molecule has 1 saturated heterocycles. The first kappa shape index (κ1) is 13.4. The van der Waals surface area contributed by atoms with Gasteiger partial charge in [0.2, 0.25) is 0 Å². The zero-order valence-corrected chi connectivity index (χ0v) is 12.2. The minimum atomic E-state index is 0.0341. The number of pyridine rings is 1. The number of halogens is 1. The van der Waals surface area contributed by atoms with Gasteiger partial charge in [-0.25, -0.2) is 0 Å². The van der Waals surface area contributed by atoms with E-state index in [1.807, 2.05) is 35.2 Å². The van der Waals surface area contributed by atoms with E-state index in [4.69, 9.17) is 11.6 Å². The van der Waals surface area contributed by atoms with Gasteiger partial charge < -0.3 is 4.90 Å². The highest BCUT2D eigenvalue weighted by Gasteiger charge is 2.28. The average molecular weight is 289 g/mol. The van der Waals surface area contributed by atoms with Crippen molar-refractivity contribution < 1.29 is 4.79 Å². The van der Waals surface area contributed by atoms with E-state index in [1.54, 1.807) is 6.20 Å². The molecule has 1 aliphatic heterocycles. The molecule has 20 heavy (non-hydrogen) atoms. The second-order valence-corrected chi connectivity index (χ2v) is 5.97. The number of hydrogen-bond acceptors (Lipinski definition) is 2. The SMILES string of the molecule is CC1CCN(C(=O)c2cccc3cccnc23)CC1Cl. The van der Waals surface area contributed by atoms with E-state index in [0.717, 1.165) is 23.9 Å². The molecular weight excluding hydrogens is 272 g/mol. The summed E-state index contributed by atoms with van der Waals surface area (Å²) in [5.74, 6) is 0.498. The van der Waals surface area contributed by atoms with Gasteiger partial charge >= 0.3 is 0 Å². The fourth-order valence-corrected chi connectivity index (χ4v) is 2.95. The average Bonchev–Trinajstić information content (AvgIpc) is 2.49. The summed E-state index contributed by atoms with van der Waals surface area (Å²) in [4.78, 5) is 18.9. The number of aromatic nitrogens is 1. The van der Waals surface area contributed by atoms with E-state index in [1.165, 1.54) is 0 Å². The standard InChI is InChI=1S/C16H17ClN2O/c1-11-7-9-19(10-14(11)17)16(20)13-6-2-4-12-5-3-8-18-15(12)13/h2-6,8,11,14H,7,9-10H2,1H3. The second-order valence-electron chi connectivity index (χ2n) is 5.41. The Morgan fingerprint density at radius 2 is 2.15 bits per heavy atom. The van der Waals surface area contributed by atoms with E-state index in [2.05, 4.69) is 11.9 Å². The lowest BCUT2D eigenvalue weighted by Crippen LogP contribution is -2.43. The van der Waals surface area contributed by atoms with Crippen molar-refractivity contribution in [2.75, 3.05) is 13.1 Å². The minimum Gasteiger partial charge on any atom is -0.337 e. The van der Waals surface area contributed by atoms with Gasteiger partial charge in [0.05, 0.1) is 16.5 Å². The fourth-order valence-electron chi connectivity index (χ4n) is 2.65. The number of benzene rings is 1. The van der Waals surface area contributed by atoms with E-state index in [0.29, 0.717) is 18.0 Å². The molecular formula is C16H17ClN2O. The Bertz CT molecular complexity index is 638. The first-order valence-electron chi connectivity index (χ1n) is 6.94. The molecule has 1 aromatic carbocycles. The minimum absolute atomic E-state index is 0.0341. The molecule has 1 fully saturated rings. The zero-order valence-electron chi connectivity index (χ0n) is 11.4. The van der Waals surface area contributed by atoms with E-state index >= 15 is 0 Å². The number of carbonyl (C=O) groups excluding carboxylic acids is 1. The monoisotopic (exact) mass is 288 g/mol. The maximum Gasteiger partial charge on any atom is 0.256 e. The molecule has 0 N–H and O–H groups in total. The number of carbonyl (C=O) groups is 1. The number of fused-ring (bicyclic) bond motifs is 1. The van der Waals surface area contributed by atoms with Gasteiger partial charge in [-0.05, 0) is 24.5 Å². The van der Waals surface area contributed by atoms with Crippen LogP contribution < -0.4 is 0 Å². The van der Waals surface area contributed by atoms with Crippen molar-refractivity contribution in [3.8, 4) is 0 Å². The van der Waals surface area contributed by atoms with Crippen molar-refractivity contribution in [1.82, 2.24) is 9.88 Å². The normalized spacial score (nSPS) is 23.0. The first-order valence-corrected chi connectivity index (χ1v) is 7.37. The molecule has 2 aromatic rings. The maximum absolute atomic E-state index is 12.7. The molecule has 0 aliphatic carbocycles. The predicted molar refractivity (Wildman–Crippen MR) is 81.1 cm³/mol. The van der Waals surface area contributed by atoms with E-state index in [-0.39, 0.29) is 11.3 Å². The number of hydrogen-bond donors (Lipinski definition) is 0.